The predicted molar refractivity (Wildman–Crippen MR) is 106 cm³/mol. The first kappa shape index (κ1) is 21.5. The summed E-state index contributed by atoms with van der Waals surface area (Å²) in [4.78, 5) is 24.7. The van der Waals surface area contributed by atoms with Gasteiger partial charge in [-0.2, -0.15) is 0 Å². The Hall–Kier alpha value is -0.810. The van der Waals surface area contributed by atoms with Gasteiger partial charge in [0.15, 0.2) is 0 Å². The zero-order chi connectivity index (χ0) is 17.6. The predicted octanol–water partition coefficient (Wildman–Crippen LogP) is 2.92. The van der Waals surface area contributed by atoms with Crippen LogP contribution in [-0.2, 0) is 9.59 Å². The van der Waals surface area contributed by atoms with E-state index in [0.29, 0.717) is 18.4 Å². The van der Waals surface area contributed by atoms with E-state index in [1.165, 1.54) is 25.7 Å². The van der Waals surface area contributed by atoms with Crippen LogP contribution in [0.5, 0.6) is 0 Å². The Balaban J connectivity index is 0.00000243. The lowest BCUT2D eigenvalue weighted by Gasteiger charge is -2.34. The van der Waals surface area contributed by atoms with Gasteiger partial charge >= 0.3 is 0 Å². The molecule has 0 radical (unpaired) electrons. The van der Waals surface area contributed by atoms with E-state index in [2.05, 4.69) is 22.9 Å². The Bertz CT molecular complexity index is 460. The van der Waals surface area contributed by atoms with E-state index in [4.69, 9.17) is 0 Å². The number of carbonyl (C=O) groups is 2. The van der Waals surface area contributed by atoms with Crippen LogP contribution in [0.25, 0.3) is 0 Å². The van der Waals surface area contributed by atoms with Gasteiger partial charge in [0.1, 0.15) is 0 Å². The van der Waals surface area contributed by atoms with Crippen molar-refractivity contribution in [2.24, 2.45) is 11.8 Å². The maximum absolute atomic E-state index is 12.5. The van der Waals surface area contributed by atoms with Gasteiger partial charge in [-0.15, -0.1) is 12.4 Å². The first-order valence-electron chi connectivity index (χ1n) is 10.4. The Morgan fingerprint density at radius 2 is 1.62 bits per heavy atom. The van der Waals surface area contributed by atoms with Crippen molar-refractivity contribution in [3.05, 3.63) is 0 Å². The molecule has 6 heteroatoms. The van der Waals surface area contributed by atoms with Crippen molar-refractivity contribution >= 4 is 24.2 Å². The summed E-state index contributed by atoms with van der Waals surface area (Å²) in [6, 6.07) is 0.905. The Morgan fingerprint density at radius 1 is 0.923 bits per heavy atom. The van der Waals surface area contributed by atoms with Crippen LogP contribution in [0.4, 0.5) is 0 Å². The fourth-order valence-electron chi connectivity index (χ4n) is 4.80. The van der Waals surface area contributed by atoms with Crippen LogP contribution in [0.15, 0.2) is 0 Å². The van der Waals surface area contributed by atoms with Gasteiger partial charge in [-0.1, -0.05) is 12.8 Å². The second-order valence-electron chi connectivity index (χ2n) is 8.47. The van der Waals surface area contributed by atoms with Gasteiger partial charge in [-0.3, -0.25) is 9.59 Å². The second kappa shape index (κ2) is 10.5. The molecule has 2 amide bonds. The fraction of sp³-hybridized carbons (Fsp3) is 0.900. The Morgan fingerprint density at radius 3 is 2.27 bits per heavy atom. The van der Waals surface area contributed by atoms with Crippen molar-refractivity contribution in [1.29, 1.82) is 0 Å². The van der Waals surface area contributed by atoms with Crippen molar-refractivity contribution in [3.63, 3.8) is 0 Å². The third kappa shape index (κ3) is 6.12. The largest absolute Gasteiger partial charge is 0.353 e. The summed E-state index contributed by atoms with van der Waals surface area (Å²) in [5, 5.41) is 9.90. The topological polar surface area (TPSA) is 70.2 Å². The van der Waals surface area contributed by atoms with Gasteiger partial charge in [0.25, 0.3) is 0 Å². The quantitative estimate of drug-likeness (QED) is 0.681. The number of hydrogen-bond donors (Lipinski definition) is 3. The smallest absolute Gasteiger partial charge is 0.223 e. The lowest BCUT2D eigenvalue weighted by Crippen LogP contribution is -2.53. The van der Waals surface area contributed by atoms with E-state index in [0.717, 1.165) is 45.1 Å². The number of nitrogens with one attached hydrogen (secondary N) is 3. The molecular weight excluding hydrogens is 350 g/mol. The van der Waals surface area contributed by atoms with Crippen molar-refractivity contribution in [2.45, 2.75) is 95.7 Å². The Kier molecular flexibility index (Phi) is 8.68. The summed E-state index contributed by atoms with van der Waals surface area (Å²) in [6.45, 7) is 3.21. The number of carbonyl (C=O) groups excluding carboxylic acids is 2. The molecule has 2 saturated carbocycles. The van der Waals surface area contributed by atoms with E-state index in [9.17, 15) is 9.59 Å². The molecule has 0 aromatic rings. The first-order valence-corrected chi connectivity index (χ1v) is 10.4. The highest BCUT2D eigenvalue weighted by Gasteiger charge is 2.30. The highest BCUT2D eigenvalue weighted by atomic mass is 35.5. The van der Waals surface area contributed by atoms with Crippen LogP contribution in [0.3, 0.4) is 0 Å². The minimum atomic E-state index is 0. The molecule has 150 valence electrons. The molecule has 1 heterocycles. The van der Waals surface area contributed by atoms with Gasteiger partial charge in [-0.25, -0.2) is 0 Å². The minimum absolute atomic E-state index is 0. The van der Waals surface area contributed by atoms with Crippen LogP contribution in [0.1, 0.15) is 77.6 Å². The molecule has 1 saturated heterocycles. The maximum Gasteiger partial charge on any atom is 0.223 e. The number of amides is 2. The number of piperidine rings is 1. The van der Waals surface area contributed by atoms with Gasteiger partial charge in [0.2, 0.25) is 11.8 Å². The molecule has 2 unspecified atom stereocenters. The summed E-state index contributed by atoms with van der Waals surface area (Å²) in [7, 11) is 0. The molecule has 3 N–H and O–H groups in total. The highest BCUT2D eigenvalue weighted by Crippen LogP contribution is 2.28. The van der Waals surface area contributed by atoms with E-state index in [1.807, 2.05) is 0 Å². The summed E-state index contributed by atoms with van der Waals surface area (Å²) < 4.78 is 0. The van der Waals surface area contributed by atoms with Crippen LogP contribution in [0.2, 0.25) is 0 Å². The average molecular weight is 386 g/mol. The fourth-order valence-corrected chi connectivity index (χ4v) is 4.80. The summed E-state index contributed by atoms with van der Waals surface area (Å²) >= 11 is 0. The van der Waals surface area contributed by atoms with Gasteiger partial charge < -0.3 is 16.0 Å². The molecule has 3 rings (SSSR count). The van der Waals surface area contributed by atoms with Gasteiger partial charge in [0.05, 0.1) is 0 Å². The lowest BCUT2D eigenvalue weighted by atomic mass is 9.84. The number of hydrogen-bond acceptors (Lipinski definition) is 3. The van der Waals surface area contributed by atoms with Crippen molar-refractivity contribution in [1.82, 2.24) is 16.0 Å². The average Bonchev–Trinajstić information content (AvgIpc) is 3.10. The molecule has 0 spiro atoms. The van der Waals surface area contributed by atoms with Crippen molar-refractivity contribution in [2.75, 3.05) is 6.54 Å². The normalized spacial score (nSPS) is 32.5. The van der Waals surface area contributed by atoms with E-state index in [-0.39, 0.29) is 42.2 Å². The molecule has 2 atom stereocenters. The van der Waals surface area contributed by atoms with Gasteiger partial charge in [-0.05, 0) is 70.8 Å². The first-order chi connectivity index (χ1) is 12.1. The van der Waals surface area contributed by atoms with E-state index < -0.39 is 0 Å². The van der Waals surface area contributed by atoms with Crippen LogP contribution in [-0.4, -0.2) is 36.5 Å². The summed E-state index contributed by atoms with van der Waals surface area (Å²) in [6.07, 6.45) is 11.6. The van der Waals surface area contributed by atoms with Crippen molar-refractivity contribution < 1.29 is 9.59 Å². The summed E-state index contributed by atoms with van der Waals surface area (Å²) in [5.41, 5.74) is 0. The third-order valence-electron chi connectivity index (χ3n) is 6.50. The molecule has 1 aliphatic heterocycles. The molecular formula is C20H36ClN3O2. The van der Waals surface area contributed by atoms with E-state index in [1.54, 1.807) is 0 Å². The number of halogens is 1. The lowest BCUT2D eigenvalue weighted by molar-refractivity contribution is -0.127. The second-order valence-corrected chi connectivity index (χ2v) is 8.47. The summed E-state index contributed by atoms with van der Waals surface area (Å²) in [5.74, 6) is 1.17. The minimum Gasteiger partial charge on any atom is -0.353 e. The number of rotatable bonds is 5. The Labute approximate surface area is 164 Å². The molecule has 5 nitrogen and oxygen atoms in total. The SMILES string of the molecule is CC1NCCCC1NC(=O)C1CCC(NC(=O)CC2CCCC2)CC1.Cl. The maximum atomic E-state index is 12.5. The third-order valence-corrected chi connectivity index (χ3v) is 6.50. The molecule has 0 aromatic carbocycles. The zero-order valence-corrected chi connectivity index (χ0v) is 16.9. The standard InChI is InChI=1S/C20H35N3O2.ClH/c1-14-18(7-4-12-21-14)23-20(25)16-8-10-17(11-9-16)22-19(24)13-15-5-2-3-6-15;/h14-18,21H,2-13H2,1H3,(H,22,24)(H,23,25);1H. The molecule has 2 aliphatic carbocycles. The monoisotopic (exact) mass is 385 g/mol. The zero-order valence-electron chi connectivity index (χ0n) is 16.1. The van der Waals surface area contributed by atoms with Crippen LogP contribution >= 0.6 is 12.4 Å². The van der Waals surface area contributed by atoms with E-state index >= 15 is 0 Å². The molecule has 3 aliphatic rings. The highest BCUT2D eigenvalue weighted by molar-refractivity contribution is 5.85. The molecule has 3 fully saturated rings. The molecule has 0 aromatic heterocycles. The van der Waals surface area contributed by atoms with Crippen LogP contribution < -0.4 is 16.0 Å². The van der Waals surface area contributed by atoms with Crippen LogP contribution in [0, 0.1) is 11.8 Å². The molecule has 26 heavy (non-hydrogen) atoms. The van der Waals surface area contributed by atoms with Crippen molar-refractivity contribution in [3.8, 4) is 0 Å². The molecule has 0 bridgehead atoms. The van der Waals surface area contributed by atoms with Gasteiger partial charge in [0, 0.05) is 30.5 Å².